The maximum absolute atomic E-state index is 13.5. The van der Waals surface area contributed by atoms with Crippen LogP contribution in [0.5, 0.6) is 0 Å². The van der Waals surface area contributed by atoms with Crippen LogP contribution in [-0.2, 0) is 14.3 Å². The zero-order valence-corrected chi connectivity index (χ0v) is 12.9. The fourth-order valence-corrected chi connectivity index (χ4v) is 2.36. The molecule has 1 fully saturated rings. The number of alkyl halides is 2. The van der Waals surface area contributed by atoms with Crippen molar-refractivity contribution in [3.05, 3.63) is 0 Å². The molecule has 0 unspecified atom stereocenters. The lowest BCUT2D eigenvalue weighted by Crippen LogP contribution is -2.49. The predicted octanol–water partition coefficient (Wildman–Crippen LogP) is 2.88. The van der Waals surface area contributed by atoms with E-state index in [1.807, 2.05) is 0 Å². The average Bonchev–Trinajstić information content (AvgIpc) is 2.29. The second-order valence-electron chi connectivity index (χ2n) is 6.39. The van der Waals surface area contributed by atoms with Gasteiger partial charge in [-0.1, -0.05) is 0 Å². The molecule has 1 aliphatic rings. The number of nitrogens with one attached hydrogen (secondary N) is 1. The molecule has 1 aliphatic carbocycles. The number of halogens is 2. The van der Waals surface area contributed by atoms with Crippen LogP contribution in [0.15, 0.2) is 0 Å². The van der Waals surface area contributed by atoms with Crippen LogP contribution < -0.4 is 5.32 Å². The fourth-order valence-electron chi connectivity index (χ4n) is 2.36. The highest BCUT2D eigenvalue weighted by atomic mass is 19.3. The summed E-state index contributed by atoms with van der Waals surface area (Å²) >= 11 is 0. The predicted molar refractivity (Wildman–Crippen MR) is 72.1 cm³/mol. The molecule has 0 radical (unpaired) electrons. The van der Waals surface area contributed by atoms with Crippen LogP contribution in [0.2, 0.25) is 0 Å². The summed E-state index contributed by atoms with van der Waals surface area (Å²) in [5.41, 5.74) is -0.709. The first-order valence-corrected chi connectivity index (χ1v) is 6.96. The second-order valence-corrected chi connectivity index (χ2v) is 6.39. The number of rotatable bonds is 3. The van der Waals surface area contributed by atoms with Crippen LogP contribution in [-0.4, -0.2) is 36.7 Å². The lowest BCUT2D eigenvalue weighted by molar-refractivity contribution is -0.143. The first-order chi connectivity index (χ1) is 9.52. The highest BCUT2D eigenvalue weighted by Gasteiger charge is 2.43. The lowest BCUT2D eigenvalue weighted by atomic mass is 9.80. The van der Waals surface area contributed by atoms with Crippen LogP contribution in [0.4, 0.5) is 13.6 Å². The van der Waals surface area contributed by atoms with E-state index in [4.69, 9.17) is 4.74 Å². The molecule has 1 saturated carbocycles. The molecule has 0 aromatic heterocycles. The lowest BCUT2D eigenvalue weighted by Gasteiger charge is -2.36. The van der Waals surface area contributed by atoms with Gasteiger partial charge in [0.2, 0.25) is 5.92 Å². The van der Waals surface area contributed by atoms with Gasteiger partial charge in [0, 0.05) is 18.9 Å². The molecule has 7 heteroatoms. The van der Waals surface area contributed by atoms with E-state index in [1.165, 1.54) is 7.11 Å². The summed E-state index contributed by atoms with van der Waals surface area (Å²) in [6, 6.07) is -0.803. The Morgan fingerprint density at radius 2 is 1.95 bits per heavy atom. The number of hydrogen-bond acceptors (Lipinski definition) is 4. The van der Waals surface area contributed by atoms with E-state index in [0.717, 1.165) is 0 Å². The molecule has 0 saturated heterocycles. The molecule has 0 aliphatic heterocycles. The maximum Gasteiger partial charge on any atom is 0.407 e. The molecule has 0 aromatic carbocycles. The van der Waals surface area contributed by atoms with E-state index >= 15 is 0 Å². The number of hydrogen-bond donors (Lipinski definition) is 1. The number of methoxy groups -OCH3 is 1. The van der Waals surface area contributed by atoms with Crippen molar-refractivity contribution >= 4 is 12.1 Å². The number of alkyl carbamates (subject to hydrolysis) is 1. The van der Waals surface area contributed by atoms with Gasteiger partial charge >= 0.3 is 12.1 Å². The summed E-state index contributed by atoms with van der Waals surface area (Å²) in [5, 5.41) is 2.46. The highest BCUT2D eigenvalue weighted by molar-refractivity contribution is 5.70. The van der Waals surface area contributed by atoms with Crippen molar-refractivity contribution in [3.8, 4) is 0 Å². The Hall–Kier alpha value is -1.40. The van der Waals surface area contributed by atoms with Crippen LogP contribution in [0, 0.1) is 5.92 Å². The van der Waals surface area contributed by atoms with Crippen LogP contribution in [0.3, 0.4) is 0 Å². The quantitative estimate of drug-likeness (QED) is 0.814. The van der Waals surface area contributed by atoms with Crippen LogP contribution in [0.25, 0.3) is 0 Å². The Labute approximate surface area is 123 Å². The number of carbonyl (C=O) groups excluding carboxylic acids is 2. The second kappa shape index (κ2) is 6.58. The minimum absolute atomic E-state index is 0.00699. The number of carbonyl (C=O) groups is 2. The molecule has 1 amide bonds. The van der Waals surface area contributed by atoms with Gasteiger partial charge in [-0.05, 0) is 33.1 Å². The molecule has 5 nitrogen and oxygen atoms in total. The van der Waals surface area contributed by atoms with Crippen molar-refractivity contribution in [2.75, 3.05) is 7.11 Å². The normalized spacial score (nSPS) is 25.0. The van der Waals surface area contributed by atoms with Gasteiger partial charge in [0.05, 0.1) is 13.5 Å². The molecule has 1 rings (SSSR count). The fraction of sp³-hybridized carbons (Fsp3) is 0.857. The van der Waals surface area contributed by atoms with Gasteiger partial charge < -0.3 is 14.8 Å². The van der Waals surface area contributed by atoms with E-state index in [2.05, 4.69) is 10.1 Å². The largest absolute Gasteiger partial charge is 0.469 e. The van der Waals surface area contributed by atoms with E-state index in [9.17, 15) is 18.4 Å². The van der Waals surface area contributed by atoms with Crippen molar-refractivity contribution in [2.45, 2.75) is 64.0 Å². The zero-order chi connectivity index (χ0) is 16.3. The van der Waals surface area contributed by atoms with E-state index < -0.39 is 36.0 Å². The minimum atomic E-state index is -2.84. The van der Waals surface area contributed by atoms with Gasteiger partial charge in [-0.2, -0.15) is 0 Å². The number of esters is 1. The number of ether oxygens (including phenoxy) is 2. The van der Waals surface area contributed by atoms with Gasteiger partial charge in [0.1, 0.15) is 5.60 Å². The topological polar surface area (TPSA) is 64.6 Å². The molecule has 0 aromatic rings. The summed E-state index contributed by atoms with van der Waals surface area (Å²) in [6.45, 7) is 5.07. The van der Waals surface area contributed by atoms with Gasteiger partial charge in [-0.25, -0.2) is 13.6 Å². The summed E-state index contributed by atoms with van der Waals surface area (Å²) in [6.07, 6.45) is -1.37. The Balaban J connectivity index is 2.70. The Kier molecular flexibility index (Phi) is 5.53. The monoisotopic (exact) mass is 307 g/mol. The molecule has 21 heavy (non-hydrogen) atoms. The van der Waals surface area contributed by atoms with Crippen LogP contribution >= 0.6 is 0 Å². The van der Waals surface area contributed by atoms with Crippen molar-refractivity contribution in [1.29, 1.82) is 0 Å². The Morgan fingerprint density at radius 3 is 2.48 bits per heavy atom. The molecule has 122 valence electrons. The molecular weight excluding hydrogens is 284 g/mol. The molecular formula is C14H23F2NO4. The summed E-state index contributed by atoms with van der Waals surface area (Å²) in [7, 11) is 1.25. The van der Waals surface area contributed by atoms with Crippen molar-refractivity contribution in [1.82, 2.24) is 5.32 Å². The molecule has 0 spiro atoms. The SMILES string of the molecule is COC(=O)C[C@@H]1CCC(F)(F)C[C@@H]1NC(=O)OC(C)(C)C. The Bertz CT molecular complexity index is 393. The van der Waals surface area contributed by atoms with Crippen molar-refractivity contribution in [2.24, 2.45) is 5.92 Å². The third-order valence-corrected chi connectivity index (χ3v) is 3.33. The van der Waals surface area contributed by atoms with Gasteiger partial charge in [-0.3, -0.25) is 4.79 Å². The van der Waals surface area contributed by atoms with E-state index in [-0.39, 0.29) is 25.2 Å². The first-order valence-electron chi connectivity index (χ1n) is 6.96. The minimum Gasteiger partial charge on any atom is -0.469 e. The van der Waals surface area contributed by atoms with Gasteiger partial charge in [0.15, 0.2) is 0 Å². The molecule has 1 N–H and O–H groups in total. The highest BCUT2D eigenvalue weighted by Crippen LogP contribution is 2.38. The molecule has 2 atom stereocenters. The van der Waals surface area contributed by atoms with Crippen molar-refractivity contribution in [3.63, 3.8) is 0 Å². The first kappa shape index (κ1) is 17.7. The number of amides is 1. The average molecular weight is 307 g/mol. The third-order valence-electron chi connectivity index (χ3n) is 3.33. The standard InChI is InChI=1S/C14H23F2NO4/c1-13(2,3)21-12(19)17-10-8-14(15,16)6-5-9(10)7-11(18)20-4/h9-10H,5-8H2,1-4H3,(H,17,19)/t9-,10-/m0/s1. The Morgan fingerprint density at radius 1 is 1.33 bits per heavy atom. The molecule has 0 heterocycles. The zero-order valence-electron chi connectivity index (χ0n) is 12.9. The summed E-state index contributed by atoms with van der Waals surface area (Å²) < 4.78 is 36.7. The van der Waals surface area contributed by atoms with E-state index in [1.54, 1.807) is 20.8 Å². The third kappa shape index (κ3) is 6.27. The summed E-state index contributed by atoms with van der Waals surface area (Å²) in [4.78, 5) is 23.1. The van der Waals surface area contributed by atoms with Gasteiger partial charge in [-0.15, -0.1) is 0 Å². The van der Waals surface area contributed by atoms with Crippen LogP contribution in [0.1, 0.15) is 46.5 Å². The smallest absolute Gasteiger partial charge is 0.407 e. The maximum atomic E-state index is 13.5. The van der Waals surface area contributed by atoms with E-state index in [0.29, 0.717) is 0 Å². The molecule has 0 bridgehead atoms. The summed E-state index contributed by atoms with van der Waals surface area (Å²) in [5.74, 6) is -3.68. The van der Waals surface area contributed by atoms with Crippen molar-refractivity contribution < 1.29 is 27.8 Å². The van der Waals surface area contributed by atoms with Gasteiger partial charge in [0.25, 0.3) is 0 Å².